The monoisotopic (exact) mass is 352 g/mol. The summed E-state index contributed by atoms with van der Waals surface area (Å²) in [6.07, 6.45) is 0.836. The van der Waals surface area contributed by atoms with Gasteiger partial charge in [-0.2, -0.15) is 0 Å². The van der Waals surface area contributed by atoms with Gasteiger partial charge in [0.05, 0.1) is 3.79 Å². The van der Waals surface area contributed by atoms with Gasteiger partial charge in [0.1, 0.15) is 0 Å². The van der Waals surface area contributed by atoms with Gasteiger partial charge < -0.3 is 11.1 Å². The number of nitrogen functional groups attached to an aromatic ring is 1. The molecule has 0 saturated heterocycles. The quantitative estimate of drug-likeness (QED) is 0.824. The van der Waals surface area contributed by atoms with E-state index in [1.165, 1.54) is 4.88 Å². The van der Waals surface area contributed by atoms with E-state index in [0.717, 1.165) is 21.3 Å². The van der Waals surface area contributed by atoms with Crippen molar-refractivity contribution in [2.45, 2.75) is 20.3 Å². The predicted octanol–water partition coefficient (Wildman–Crippen LogP) is 3.68. The lowest BCUT2D eigenvalue weighted by Crippen LogP contribution is -2.26. The lowest BCUT2D eigenvalue weighted by atomic mass is 10.0. The van der Waals surface area contributed by atoms with Crippen LogP contribution in [0.5, 0.6) is 0 Å². The molecule has 0 saturated carbocycles. The standard InChI is InChI=1S/C15H17BrN2OS/c1-9-7-10(2)13(17)8-12(9)15(19)18-6-5-11-3-4-14(16)20-11/h3-4,7-8H,5-6,17H2,1-2H3,(H,18,19). The van der Waals surface area contributed by atoms with Crippen LogP contribution in [0.25, 0.3) is 0 Å². The van der Waals surface area contributed by atoms with Crippen LogP contribution in [0, 0.1) is 13.8 Å². The van der Waals surface area contributed by atoms with Gasteiger partial charge in [-0.3, -0.25) is 4.79 Å². The molecule has 106 valence electrons. The first-order valence-corrected chi connectivity index (χ1v) is 7.97. The van der Waals surface area contributed by atoms with Crippen LogP contribution in [0.1, 0.15) is 26.4 Å². The minimum atomic E-state index is -0.0650. The van der Waals surface area contributed by atoms with Crippen molar-refractivity contribution in [1.29, 1.82) is 0 Å². The highest BCUT2D eigenvalue weighted by Gasteiger charge is 2.10. The number of hydrogen-bond acceptors (Lipinski definition) is 3. The lowest BCUT2D eigenvalue weighted by Gasteiger charge is -2.10. The molecule has 1 aromatic heterocycles. The van der Waals surface area contributed by atoms with Crippen molar-refractivity contribution in [1.82, 2.24) is 5.32 Å². The van der Waals surface area contributed by atoms with Crippen LogP contribution in [-0.4, -0.2) is 12.5 Å². The molecular weight excluding hydrogens is 336 g/mol. The van der Waals surface area contributed by atoms with Crippen molar-refractivity contribution in [3.63, 3.8) is 0 Å². The summed E-state index contributed by atoms with van der Waals surface area (Å²) in [5.41, 5.74) is 9.13. The smallest absolute Gasteiger partial charge is 0.251 e. The second-order valence-electron chi connectivity index (χ2n) is 4.74. The molecule has 1 amide bonds. The fraction of sp³-hybridized carbons (Fsp3) is 0.267. The molecule has 3 N–H and O–H groups in total. The minimum Gasteiger partial charge on any atom is -0.398 e. The van der Waals surface area contributed by atoms with Gasteiger partial charge >= 0.3 is 0 Å². The van der Waals surface area contributed by atoms with Crippen molar-refractivity contribution in [3.8, 4) is 0 Å². The second kappa shape index (κ2) is 6.41. The lowest BCUT2D eigenvalue weighted by molar-refractivity contribution is 0.0953. The third kappa shape index (κ3) is 3.61. The average molecular weight is 353 g/mol. The number of halogens is 1. The summed E-state index contributed by atoms with van der Waals surface area (Å²) in [7, 11) is 0. The molecule has 3 nitrogen and oxygen atoms in total. The summed E-state index contributed by atoms with van der Waals surface area (Å²) in [6.45, 7) is 4.50. The maximum Gasteiger partial charge on any atom is 0.251 e. The van der Waals surface area contributed by atoms with Gasteiger partial charge in [-0.25, -0.2) is 0 Å². The Hall–Kier alpha value is -1.33. The largest absolute Gasteiger partial charge is 0.398 e. The fourth-order valence-corrected chi connectivity index (χ4v) is 3.48. The van der Waals surface area contributed by atoms with Crippen LogP contribution in [0.4, 0.5) is 5.69 Å². The van der Waals surface area contributed by atoms with Crippen molar-refractivity contribution >= 4 is 38.9 Å². The summed E-state index contributed by atoms with van der Waals surface area (Å²) in [6, 6.07) is 7.78. The second-order valence-corrected chi connectivity index (χ2v) is 7.28. The van der Waals surface area contributed by atoms with E-state index < -0.39 is 0 Å². The van der Waals surface area contributed by atoms with Crippen LogP contribution in [0.3, 0.4) is 0 Å². The van der Waals surface area contributed by atoms with E-state index in [2.05, 4.69) is 27.3 Å². The Kier molecular flexibility index (Phi) is 4.83. The van der Waals surface area contributed by atoms with E-state index in [9.17, 15) is 4.79 Å². The number of aryl methyl sites for hydroxylation is 2. The van der Waals surface area contributed by atoms with Crippen LogP contribution >= 0.6 is 27.3 Å². The Balaban J connectivity index is 1.97. The summed E-state index contributed by atoms with van der Waals surface area (Å²) in [5, 5.41) is 2.94. The van der Waals surface area contributed by atoms with E-state index in [1.807, 2.05) is 26.0 Å². The van der Waals surface area contributed by atoms with Gasteiger partial charge in [0.2, 0.25) is 0 Å². The molecule has 0 aliphatic carbocycles. The normalized spacial score (nSPS) is 10.6. The number of anilines is 1. The number of carbonyl (C=O) groups is 1. The van der Waals surface area contributed by atoms with Crippen molar-refractivity contribution in [3.05, 3.63) is 49.6 Å². The number of nitrogens with one attached hydrogen (secondary N) is 1. The first kappa shape index (κ1) is 15.1. The topological polar surface area (TPSA) is 55.1 Å². The summed E-state index contributed by atoms with van der Waals surface area (Å²) in [5.74, 6) is -0.0650. The molecule has 20 heavy (non-hydrogen) atoms. The Morgan fingerprint density at radius 3 is 2.70 bits per heavy atom. The van der Waals surface area contributed by atoms with Gasteiger partial charge in [0.25, 0.3) is 5.91 Å². The molecule has 2 rings (SSSR count). The van der Waals surface area contributed by atoms with Gasteiger partial charge in [0.15, 0.2) is 0 Å². The van der Waals surface area contributed by atoms with Crippen LogP contribution < -0.4 is 11.1 Å². The van der Waals surface area contributed by atoms with Crippen molar-refractivity contribution < 1.29 is 4.79 Å². The number of thiophene rings is 1. The third-order valence-electron chi connectivity index (χ3n) is 3.14. The SMILES string of the molecule is Cc1cc(C)c(C(=O)NCCc2ccc(Br)s2)cc1N. The molecule has 1 aromatic carbocycles. The number of nitrogens with two attached hydrogens (primary N) is 1. The summed E-state index contributed by atoms with van der Waals surface area (Å²) in [4.78, 5) is 13.4. The molecule has 0 radical (unpaired) electrons. The molecule has 1 heterocycles. The average Bonchev–Trinajstić information content (AvgIpc) is 2.79. The van der Waals surface area contributed by atoms with Crippen LogP contribution in [0.2, 0.25) is 0 Å². The van der Waals surface area contributed by atoms with Crippen LogP contribution in [0.15, 0.2) is 28.1 Å². The zero-order valence-corrected chi connectivity index (χ0v) is 13.9. The molecule has 2 aromatic rings. The maximum atomic E-state index is 12.2. The van der Waals surface area contributed by atoms with Gasteiger partial charge in [-0.15, -0.1) is 11.3 Å². The molecule has 0 spiro atoms. The highest BCUT2D eigenvalue weighted by atomic mass is 79.9. The van der Waals surface area contributed by atoms with E-state index in [4.69, 9.17) is 5.73 Å². The zero-order valence-electron chi connectivity index (χ0n) is 11.5. The minimum absolute atomic E-state index is 0.0650. The molecule has 0 atom stereocenters. The predicted molar refractivity (Wildman–Crippen MR) is 88.4 cm³/mol. The van der Waals surface area contributed by atoms with Gasteiger partial charge in [0, 0.05) is 22.7 Å². The molecule has 0 bridgehead atoms. The number of benzene rings is 1. The Morgan fingerprint density at radius 1 is 1.30 bits per heavy atom. The van der Waals surface area contributed by atoms with E-state index >= 15 is 0 Å². The first-order chi connectivity index (χ1) is 9.47. The van der Waals surface area contributed by atoms with Crippen molar-refractivity contribution in [2.75, 3.05) is 12.3 Å². The summed E-state index contributed by atoms with van der Waals surface area (Å²) >= 11 is 5.12. The van der Waals surface area contributed by atoms with E-state index in [1.54, 1.807) is 17.4 Å². The Bertz CT molecular complexity index is 637. The Labute approximate surface area is 131 Å². The third-order valence-corrected chi connectivity index (χ3v) is 4.83. The Morgan fingerprint density at radius 2 is 2.05 bits per heavy atom. The highest BCUT2D eigenvalue weighted by Crippen LogP contribution is 2.22. The number of amides is 1. The first-order valence-electron chi connectivity index (χ1n) is 6.36. The fourth-order valence-electron chi connectivity index (χ4n) is 1.99. The van der Waals surface area contributed by atoms with Crippen LogP contribution in [-0.2, 0) is 6.42 Å². The molecule has 0 unspecified atom stereocenters. The van der Waals surface area contributed by atoms with Crippen molar-refractivity contribution in [2.24, 2.45) is 0 Å². The number of carbonyl (C=O) groups excluding carboxylic acids is 1. The number of rotatable bonds is 4. The van der Waals surface area contributed by atoms with E-state index in [0.29, 0.717) is 17.8 Å². The summed E-state index contributed by atoms with van der Waals surface area (Å²) < 4.78 is 1.11. The highest BCUT2D eigenvalue weighted by molar-refractivity contribution is 9.11. The van der Waals surface area contributed by atoms with Gasteiger partial charge in [-0.05, 0) is 65.5 Å². The van der Waals surface area contributed by atoms with Gasteiger partial charge in [-0.1, -0.05) is 6.07 Å². The molecule has 0 aliphatic heterocycles. The van der Waals surface area contributed by atoms with E-state index in [-0.39, 0.29) is 5.91 Å². The molecular formula is C15H17BrN2OS. The zero-order chi connectivity index (χ0) is 14.7. The maximum absolute atomic E-state index is 12.2. The number of hydrogen-bond donors (Lipinski definition) is 2. The molecule has 0 fully saturated rings. The molecule has 5 heteroatoms. The molecule has 0 aliphatic rings.